The van der Waals surface area contributed by atoms with Crippen LogP contribution in [0.15, 0.2) is 24.3 Å². The van der Waals surface area contributed by atoms with Gasteiger partial charge in [0, 0.05) is 13.1 Å². The standard InChI is InChI=1S/C15H20N2O2S/c1-11-6-8-17(9-7-11)14(18)10-19-13-5-3-2-4-12(13)15(16)20/h2-5,11H,6-10H2,1H3,(H2,16,20). The number of hydrogen-bond acceptors (Lipinski definition) is 3. The quantitative estimate of drug-likeness (QED) is 0.862. The molecule has 1 aromatic rings. The maximum Gasteiger partial charge on any atom is 0.260 e. The van der Waals surface area contributed by atoms with Crippen LogP contribution < -0.4 is 10.5 Å². The largest absolute Gasteiger partial charge is 0.483 e. The molecule has 0 atom stereocenters. The lowest BCUT2D eigenvalue weighted by molar-refractivity contribution is -0.134. The highest BCUT2D eigenvalue weighted by atomic mass is 32.1. The maximum atomic E-state index is 12.1. The molecule has 1 amide bonds. The Labute approximate surface area is 124 Å². The molecule has 0 saturated carbocycles. The minimum atomic E-state index is 0.0228. The second kappa shape index (κ2) is 6.70. The van der Waals surface area contributed by atoms with Crippen molar-refractivity contribution in [3.63, 3.8) is 0 Å². The molecule has 2 N–H and O–H groups in total. The first-order chi connectivity index (χ1) is 9.58. The number of ether oxygens (including phenoxy) is 1. The van der Waals surface area contributed by atoms with Crippen molar-refractivity contribution < 1.29 is 9.53 Å². The number of rotatable bonds is 4. The van der Waals surface area contributed by atoms with Crippen LogP contribution in [0.4, 0.5) is 0 Å². The van der Waals surface area contributed by atoms with E-state index >= 15 is 0 Å². The van der Waals surface area contributed by atoms with E-state index in [0.717, 1.165) is 25.9 Å². The van der Waals surface area contributed by atoms with E-state index in [0.29, 0.717) is 17.2 Å². The molecule has 1 aliphatic heterocycles. The van der Waals surface area contributed by atoms with Gasteiger partial charge in [-0.05, 0) is 30.9 Å². The maximum absolute atomic E-state index is 12.1. The van der Waals surface area contributed by atoms with Gasteiger partial charge in [-0.15, -0.1) is 0 Å². The molecular formula is C15H20N2O2S. The molecule has 1 saturated heterocycles. The Morgan fingerprint density at radius 1 is 1.40 bits per heavy atom. The third-order valence-electron chi connectivity index (χ3n) is 3.64. The van der Waals surface area contributed by atoms with E-state index in [4.69, 9.17) is 22.7 Å². The summed E-state index contributed by atoms with van der Waals surface area (Å²) >= 11 is 4.97. The van der Waals surface area contributed by atoms with Crippen LogP contribution in [0.2, 0.25) is 0 Å². The number of likely N-dealkylation sites (tertiary alicyclic amines) is 1. The molecule has 1 aliphatic rings. The SMILES string of the molecule is CC1CCN(C(=O)COc2ccccc2C(N)=S)CC1. The normalized spacial score (nSPS) is 15.9. The van der Waals surface area contributed by atoms with Gasteiger partial charge in [-0.3, -0.25) is 4.79 Å². The lowest BCUT2D eigenvalue weighted by atomic mass is 9.99. The Bertz CT molecular complexity index is 496. The Morgan fingerprint density at radius 2 is 2.05 bits per heavy atom. The second-order valence-electron chi connectivity index (χ2n) is 5.21. The van der Waals surface area contributed by atoms with Crippen LogP contribution in [0.3, 0.4) is 0 Å². The van der Waals surface area contributed by atoms with Gasteiger partial charge in [0.15, 0.2) is 6.61 Å². The molecule has 0 aromatic heterocycles. The van der Waals surface area contributed by atoms with Crippen LogP contribution in [-0.2, 0) is 4.79 Å². The number of thiocarbonyl (C=S) groups is 1. The van der Waals surface area contributed by atoms with Crippen molar-refractivity contribution in [3.8, 4) is 5.75 Å². The second-order valence-corrected chi connectivity index (χ2v) is 5.65. The monoisotopic (exact) mass is 292 g/mol. The number of para-hydroxylation sites is 1. The van der Waals surface area contributed by atoms with E-state index in [9.17, 15) is 4.79 Å². The fraction of sp³-hybridized carbons (Fsp3) is 0.467. The van der Waals surface area contributed by atoms with Crippen LogP contribution >= 0.6 is 12.2 Å². The zero-order valence-electron chi connectivity index (χ0n) is 11.7. The number of hydrogen-bond donors (Lipinski definition) is 1. The summed E-state index contributed by atoms with van der Waals surface area (Å²) in [4.78, 5) is 14.2. The Kier molecular flexibility index (Phi) is 4.95. The van der Waals surface area contributed by atoms with Gasteiger partial charge in [0.2, 0.25) is 0 Å². The summed E-state index contributed by atoms with van der Waals surface area (Å²) in [6, 6.07) is 7.25. The van der Waals surface area contributed by atoms with E-state index in [1.165, 1.54) is 0 Å². The molecule has 1 aromatic carbocycles. The highest BCUT2D eigenvalue weighted by molar-refractivity contribution is 7.80. The summed E-state index contributed by atoms with van der Waals surface area (Å²) in [7, 11) is 0. The van der Waals surface area contributed by atoms with Gasteiger partial charge in [0.05, 0.1) is 5.56 Å². The summed E-state index contributed by atoms with van der Waals surface area (Å²) in [5.41, 5.74) is 6.30. The fourth-order valence-corrected chi connectivity index (χ4v) is 2.45. The molecule has 20 heavy (non-hydrogen) atoms. The minimum absolute atomic E-state index is 0.0228. The Hall–Kier alpha value is -1.62. The summed E-state index contributed by atoms with van der Waals surface area (Å²) in [6.07, 6.45) is 2.13. The highest BCUT2D eigenvalue weighted by Gasteiger charge is 2.20. The first kappa shape index (κ1) is 14.8. The van der Waals surface area contributed by atoms with Gasteiger partial charge in [0.25, 0.3) is 5.91 Å². The van der Waals surface area contributed by atoms with Crippen molar-refractivity contribution in [1.29, 1.82) is 0 Å². The van der Waals surface area contributed by atoms with Gasteiger partial charge in [0.1, 0.15) is 10.7 Å². The summed E-state index contributed by atoms with van der Waals surface area (Å²) in [5, 5.41) is 0. The number of amides is 1. The van der Waals surface area contributed by atoms with Gasteiger partial charge >= 0.3 is 0 Å². The molecule has 5 heteroatoms. The zero-order valence-corrected chi connectivity index (χ0v) is 12.5. The van der Waals surface area contributed by atoms with Crippen LogP contribution in [0.5, 0.6) is 5.75 Å². The van der Waals surface area contributed by atoms with Crippen molar-refractivity contribution in [3.05, 3.63) is 29.8 Å². The molecule has 0 bridgehead atoms. The van der Waals surface area contributed by atoms with Crippen LogP contribution in [-0.4, -0.2) is 35.5 Å². The minimum Gasteiger partial charge on any atom is -0.483 e. The van der Waals surface area contributed by atoms with Crippen LogP contribution in [0, 0.1) is 5.92 Å². The molecule has 2 rings (SSSR count). The van der Waals surface area contributed by atoms with E-state index in [2.05, 4.69) is 6.92 Å². The number of piperidine rings is 1. The Morgan fingerprint density at radius 3 is 2.70 bits per heavy atom. The third-order valence-corrected chi connectivity index (χ3v) is 3.86. The predicted molar refractivity (Wildman–Crippen MR) is 82.8 cm³/mol. The van der Waals surface area contributed by atoms with Gasteiger partial charge in [-0.2, -0.15) is 0 Å². The van der Waals surface area contributed by atoms with Crippen molar-refractivity contribution in [2.75, 3.05) is 19.7 Å². The number of carbonyl (C=O) groups is 1. The molecular weight excluding hydrogens is 272 g/mol. The zero-order chi connectivity index (χ0) is 14.5. The summed E-state index contributed by atoms with van der Waals surface area (Å²) in [5.74, 6) is 1.30. The number of nitrogens with two attached hydrogens (primary N) is 1. The Balaban J connectivity index is 1.92. The van der Waals surface area contributed by atoms with Gasteiger partial charge in [-0.25, -0.2) is 0 Å². The molecule has 0 radical (unpaired) electrons. The number of nitrogens with zero attached hydrogens (tertiary/aromatic N) is 1. The molecule has 4 nitrogen and oxygen atoms in total. The topological polar surface area (TPSA) is 55.6 Å². The summed E-state index contributed by atoms with van der Waals surface area (Å²) < 4.78 is 5.58. The lowest BCUT2D eigenvalue weighted by Gasteiger charge is -2.30. The molecule has 1 heterocycles. The molecule has 108 valence electrons. The molecule has 0 aliphatic carbocycles. The first-order valence-electron chi connectivity index (χ1n) is 6.87. The average Bonchev–Trinajstić information content (AvgIpc) is 2.45. The van der Waals surface area contributed by atoms with Crippen LogP contribution in [0.1, 0.15) is 25.3 Å². The average molecular weight is 292 g/mol. The summed E-state index contributed by atoms with van der Waals surface area (Å²) in [6.45, 7) is 3.89. The lowest BCUT2D eigenvalue weighted by Crippen LogP contribution is -2.40. The van der Waals surface area contributed by atoms with E-state index in [-0.39, 0.29) is 17.5 Å². The van der Waals surface area contributed by atoms with E-state index in [1.807, 2.05) is 17.0 Å². The molecule has 0 unspecified atom stereocenters. The number of carbonyl (C=O) groups excluding carboxylic acids is 1. The van der Waals surface area contributed by atoms with Crippen LogP contribution in [0.25, 0.3) is 0 Å². The van der Waals surface area contributed by atoms with Gasteiger partial charge in [-0.1, -0.05) is 31.3 Å². The fourth-order valence-electron chi connectivity index (χ4n) is 2.28. The molecule has 0 spiro atoms. The highest BCUT2D eigenvalue weighted by Crippen LogP contribution is 2.19. The van der Waals surface area contributed by atoms with Gasteiger partial charge < -0.3 is 15.4 Å². The third kappa shape index (κ3) is 3.70. The number of benzene rings is 1. The van der Waals surface area contributed by atoms with Crippen molar-refractivity contribution >= 4 is 23.1 Å². The smallest absolute Gasteiger partial charge is 0.260 e. The first-order valence-corrected chi connectivity index (χ1v) is 7.28. The molecule has 1 fully saturated rings. The van der Waals surface area contributed by atoms with Crippen molar-refractivity contribution in [1.82, 2.24) is 4.90 Å². The van der Waals surface area contributed by atoms with E-state index in [1.54, 1.807) is 12.1 Å². The van der Waals surface area contributed by atoms with Crippen molar-refractivity contribution in [2.24, 2.45) is 11.7 Å². The van der Waals surface area contributed by atoms with Crippen molar-refractivity contribution in [2.45, 2.75) is 19.8 Å². The van der Waals surface area contributed by atoms with E-state index < -0.39 is 0 Å². The predicted octanol–water partition coefficient (Wildman–Crippen LogP) is 1.96.